The van der Waals surface area contributed by atoms with Crippen LogP contribution < -0.4 is 9.64 Å². The zero-order valence-corrected chi connectivity index (χ0v) is 15.5. The van der Waals surface area contributed by atoms with Gasteiger partial charge < -0.3 is 9.64 Å². The zero-order chi connectivity index (χ0) is 17.7. The van der Waals surface area contributed by atoms with Crippen molar-refractivity contribution in [2.75, 3.05) is 30.1 Å². The number of methoxy groups -OCH3 is 1. The Morgan fingerprint density at radius 1 is 1.24 bits per heavy atom. The number of anilines is 1. The summed E-state index contributed by atoms with van der Waals surface area (Å²) in [6.45, 7) is 0.753. The predicted molar refractivity (Wildman–Crippen MR) is 96.7 cm³/mol. The van der Waals surface area contributed by atoms with Gasteiger partial charge in [0.1, 0.15) is 15.6 Å². The fourth-order valence-corrected chi connectivity index (χ4v) is 6.11. The fourth-order valence-electron chi connectivity index (χ4n) is 4.47. The van der Waals surface area contributed by atoms with Gasteiger partial charge in [-0.3, -0.25) is 4.79 Å². The Morgan fingerprint density at radius 3 is 2.72 bits per heavy atom. The molecule has 0 bridgehead atoms. The summed E-state index contributed by atoms with van der Waals surface area (Å²) in [6, 6.07) is 5.95. The summed E-state index contributed by atoms with van der Waals surface area (Å²) in [4.78, 5) is 15.2. The van der Waals surface area contributed by atoms with E-state index in [1.165, 1.54) is 5.56 Å². The molecule has 6 heteroatoms. The molecule has 136 valence electrons. The number of nitrogens with zero attached hydrogens (tertiary/aromatic N) is 1. The highest BCUT2D eigenvalue weighted by molar-refractivity contribution is 7.91. The van der Waals surface area contributed by atoms with Crippen LogP contribution in [0.25, 0.3) is 0 Å². The number of sulfone groups is 1. The Balaban J connectivity index is 1.56. The lowest BCUT2D eigenvalue weighted by Crippen LogP contribution is -2.36. The summed E-state index contributed by atoms with van der Waals surface area (Å²) >= 11 is 0. The highest BCUT2D eigenvalue weighted by Crippen LogP contribution is 2.60. The molecule has 0 N–H and O–H groups in total. The third-order valence-corrected chi connectivity index (χ3v) is 7.88. The quantitative estimate of drug-likeness (QED) is 0.810. The van der Waals surface area contributed by atoms with Gasteiger partial charge in [0.2, 0.25) is 5.91 Å². The van der Waals surface area contributed by atoms with Crippen LogP contribution >= 0.6 is 0 Å². The molecule has 1 spiro atoms. The molecule has 0 radical (unpaired) electrons. The van der Waals surface area contributed by atoms with E-state index in [1.807, 2.05) is 23.1 Å². The molecule has 5 nitrogen and oxygen atoms in total. The largest absolute Gasteiger partial charge is 0.497 e. The van der Waals surface area contributed by atoms with E-state index in [1.54, 1.807) is 7.11 Å². The van der Waals surface area contributed by atoms with E-state index in [4.69, 9.17) is 4.74 Å². The molecule has 1 aromatic rings. The van der Waals surface area contributed by atoms with Crippen molar-refractivity contribution in [3.8, 4) is 5.75 Å². The molecule has 1 saturated carbocycles. The average molecular weight is 363 g/mol. The van der Waals surface area contributed by atoms with Crippen molar-refractivity contribution in [2.24, 2.45) is 11.3 Å². The monoisotopic (exact) mass is 363 g/mol. The van der Waals surface area contributed by atoms with Gasteiger partial charge in [-0.2, -0.15) is 0 Å². The Labute approximate surface area is 149 Å². The maximum absolute atomic E-state index is 13.2. The minimum atomic E-state index is -2.89. The molecule has 3 aliphatic rings. The van der Waals surface area contributed by atoms with Gasteiger partial charge in [-0.1, -0.05) is 0 Å². The van der Waals surface area contributed by atoms with Crippen LogP contribution in [0.3, 0.4) is 0 Å². The van der Waals surface area contributed by atoms with E-state index < -0.39 is 9.84 Å². The number of aryl methyl sites for hydroxylation is 1. The maximum Gasteiger partial charge on any atom is 0.230 e. The van der Waals surface area contributed by atoms with E-state index in [-0.39, 0.29) is 28.7 Å². The predicted octanol–water partition coefficient (Wildman–Crippen LogP) is 2.58. The number of carbonyl (C=O) groups is 1. The molecular weight excluding hydrogens is 338 g/mol. The summed E-state index contributed by atoms with van der Waals surface area (Å²) in [5.74, 6) is 1.49. The second-order valence-electron chi connectivity index (χ2n) is 7.71. The molecule has 1 amide bonds. The number of hydrogen-bond acceptors (Lipinski definition) is 4. The van der Waals surface area contributed by atoms with Gasteiger partial charge in [-0.05, 0) is 67.7 Å². The first-order chi connectivity index (χ1) is 11.9. The van der Waals surface area contributed by atoms with Gasteiger partial charge in [0, 0.05) is 18.2 Å². The van der Waals surface area contributed by atoms with E-state index in [0.717, 1.165) is 43.7 Å². The van der Waals surface area contributed by atoms with E-state index in [0.29, 0.717) is 12.8 Å². The SMILES string of the molecule is COc1ccc2c(c1)CCCCN2C(=O)C1CC12CCS(=O)(=O)CC2. The molecule has 1 atom stereocenters. The second-order valence-corrected chi connectivity index (χ2v) is 10.0. The van der Waals surface area contributed by atoms with Crippen LogP contribution in [0.4, 0.5) is 5.69 Å². The highest BCUT2D eigenvalue weighted by atomic mass is 32.2. The van der Waals surface area contributed by atoms with Crippen molar-refractivity contribution in [3.05, 3.63) is 23.8 Å². The van der Waals surface area contributed by atoms with Crippen LogP contribution in [-0.2, 0) is 21.1 Å². The first-order valence-corrected chi connectivity index (χ1v) is 10.9. The number of carbonyl (C=O) groups excluding carboxylic acids is 1. The molecule has 1 unspecified atom stereocenters. The van der Waals surface area contributed by atoms with Crippen LogP contribution in [0.5, 0.6) is 5.75 Å². The summed E-state index contributed by atoms with van der Waals surface area (Å²) < 4.78 is 28.7. The number of rotatable bonds is 2. The van der Waals surface area contributed by atoms with Crippen LogP contribution in [0.1, 0.15) is 37.7 Å². The number of amides is 1. The number of hydrogen-bond donors (Lipinski definition) is 0. The third-order valence-electron chi connectivity index (χ3n) is 6.23. The lowest BCUT2D eigenvalue weighted by Gasteiger charge is -2.27. The normalized spacial score (nSPS) is 26.6. The van der Waals surface area contributed by atoms with E-state index in [9.17, 15) is 13.2 Å². The van der Waals surface area contributed by atoms with Crippen molar-refractivity contribution < 1.29 is 17.9 Å². The van der Waals surface area contributed by atoms with Gasteiger partial charge in [0.15, 0.2) is 0 Å². The first-order valence-electron chi connectivity index (χ1n) is 9.13. The molecule has 1 aromatic carbocycles. The highest BCUT2D eigenvalue weighted by Gasteiger charge is 2.60. The molecule has 25 heavy (non-hydrogen) atoms. The molecule has 1 saturated heterocycles. The molecular formula is C19H25NO4S. The Kier molecular flexibility index (Phi) is 4.06. The van der Waals surface area contributed by atoms with Crippen LogP contribution in [0.2, 0.25) is 0 Å². The zero-order valence-electron chi connectivity index (χ0n) is 14.7. The molecule has 2 aliphatic heterocycles. The Bertz CT molecular complexity index is 788. The lowest BCUT2D eigenvalue weighted by molar-refractivity contribution is -0.120. The van der Waals surface area contributed by atoms with E-state index in [2.05, 4.69) is 0 Å². The van der Waals surface area contributed by atoms with Gasteiger partial charge in [0.25, 0.3) is 0 Å². The van der Waals surface area contributed by atoms with Gasteiger partial charge >= 0.3 is 0 Å². The molecule has 1 aliphatic carbocycles. The topological polar surface area (TPSA) is 63.7 Å². The fraction of sp³-hybridized carbons (Fsp3) is 0.632. The minimum Gasteiger partial charge on any atom is -0.497 e. The Hall–Kier alpha value is -1.56. The smallest absolute Gasteiger partial charge is 0.230 e. The first kappa shape index (κ1) is 16.9. The standard InChI is InChI=1S/C19H25NO4S/c1-24-15-5-6-17-14(12-15)4-2-3-9-20(17)18(21)16-13-19(16)7-10-25(22,23)11-8-19/h5-6,12,16H,2-4,7-11,13H2,1H3. The third kappa shape index (κ3) is 3.05. The second kappa shape index (κ2) is 6.01. The van der Waals surface area contributed by atoms with Crippen LogP contribution in [0, 0.1) is 11.3 Å². The number of benzene rings is 1. The van der Waals surface area contributed by atoms with Crippen molar-refractivity contribution in [2.45, 2.75) is 38.5 Å². The number of fused-ring (bicyclic) bond motifs is 1. The number of ether oxygens (including phenoxy) is 1. The lowest BCUT2D eigenvalue weighted by atomic mass is 9.95. The van der Waals surface area contributed by atoms with E-state index >= 15 is 0 Å². The minimum absolute atomic E-state index is 0.00366. The maximum atomic E-state index is 13.2. The molecule has 2 heterocycles. The average Bonchev–Trinajstić information content (AvgIpc) is 3.35. The molecule has 0 aromatic heterocycles. The summed E-state index contributed by atoms with van der Waals surface area (Å²) in [5, 5.41) is 0. The summed E-state index contributed by atoms with van der Waals surface area (Å²) in [5.41, 5.74) is 2.13. The molecule has 2 fully saturated rings. The summed E-state index contributed by atoms with van der Waals surface area (Å²) in [7, 11) is -1.23. The van der Waals surface area contributed by atoms with Crippen molar-refractivity contribution in [3.63, 3.8) is 0 Å². The summed E-state index contributed by atoms with van der Waals surface area (Å²) in [6.07, 6.45) is 5.17. The van der Waals surface area contributed by atoms with Gasteiger partial charge in [-0.15, -0.1) is 0 Å². The Morgan fingerprint density at radius 2 is 2.00 bits per heavy atom. The van der Waals surface area contributed by atoms with Gasteiger partial charge in [0.05, 0.1) is 18.6 Å². The van der Waals surface area contributed by atoms with Crippen molar-refractivity contribution >= 4 is 21.4 Å². The van der Waals surface area contributed by atoms with Gasteiger partial charge in [-0.25, -0.2) is 8.42 Å². The van der Waals surface area contributed by atoms with Crippen LogP contribution in [-0.4, -0.2) is 39.5 Å². The van der Waals surface area contributed by atoms with Crippen LogP contribution in [0.15, 0.2) is 18.2 Å². The van der Waals surface area contributed by atoms with Crippen molar-refractivity contribution in [1.29, 1.82) is 0 Å². The van der Waals surface area contributed by atoms with Crippen molar-refractivity contribution in [1.82, 2.24) is 0 Å². The molecule has 4 rings (SSSR count).